The molecule has 42 heavy (non-hydrogen) atoms. The standard InChI is InChI=1S/C34H42N2O6/c1-2-42-33(40)28-18-12-17-27(21-28)24-36-30(23-26-15-8-4-9-16-26)32(39)31(38)29(22-25-13-6-3-7-14-25)35(34(36)41)19-10-5-11-20-37/h3-4,6-9,12-18,21,29-32,37-39H,2,5,10-11,19-20,22-24H2,1H3/t29-,30-,31+,32+/m1/s1. The Bertz CT molecular complexity index is 1270. The normalized spacial score (nSPS) is 20.8. The molecule has 0 saturated carbocycles. The molecule has 0 aromatic heterocycles. The molecular formula is C34H42N2O6. The lowest BCUT2D eigenvalue weighted by Gasteiger charge is -2.36. The maximum absolute atomic E-state index is 14.5. The predicted octanol–water partition coefficient (Wildman–Crippen LogP) is 4.21. The molecule has 0 spiro atoms. The van der Waals surface area contributed by atoms with Gasteiger partial charge >= 0.3 is 12.0 Å². The zero-order valence-electron chi connectivity index (χ0n) is 24.2. The molecule has 0 radical (unpaired) electrons. The van der Waals surface area contributed by atoms with Gasteiger partial charge in [-0.25, -0.2) is 9.59 Å². The molecular weight excluding hydrogens is 532 g/mol. The van der Waals surface area contributed by atoms with Crippen LogP contribution in [0.5, 0.6) is 0 Å². The number of rotatable bonds is 13. The van der Waals surface area contributed by atoms with Gasteiger partial charge in [0.15, 0.2) is 0 Å². The average Bonchev–Trinajstić information content (AvgIpc) is 3.07. The molecule has 2 amide bonds. The van der Waals surface area contributed by atoms with E-state index in [1.807, 2.05) is 66.7 Å². The fourth-order valence-corrected chi connectivity index (χ4v) is 5.67. The van der Waals surface area contributed by atoms with Crippen LogP contribution in [0.15, 0.2) is 84.9 Å². The number of benzene rings is 3. The third-order valence-electron chi connectivity index (χ3n) is 7.85. The maximum atomic E-state index is 14.5. The minimum Gasteiger partial charge on any atom is -0.462 e. The quantitative estimate of drug-likeness (QED) is 0.208. The Labute approximate surface area is 248 Å². The first-order valence-corrected chi connectivity index (χ1v) is 14.8. The molecule has 1 saturated heterocycles. The van der Waals surface area contributed by atoms with Gasteiger partial charge in [0.2, 0.25) is 0 Å². The largest absolute Gasteiger partial charge is 0.462 e. The summed E-state index contributed by atoms with van der Waals surface area (Å²) in [5.41, 5.74) is 3.00. The predicted molar refractivity (Wildman–Crippen MR) is 161 cm³/mol. The fraction of sp³-hybridized carbons (Fsp3) is 0.412. The van der Waals surface area contributed by atoms with E-state index in [1.54, 1.807) is 34.9 Å². The fourth-order valence-electron chi connectivity index (χ4n) is 5.67. The molecule has 8 nitrogen and oxygen atoms in total. The lowest BCUT2D eigenvalue weighted by atomic mass is 9.91. The molecule has 224 valence electrons. The van der Waals surface area contributed by atoms with E-state index in [4.69, 9.17) is 4.74 Å². The van der Waals surface area contributed by atoms with Crippen molar-refractivity contribution in [3.8, 4) is 0 Å². The second kappa shape index (κ2) is 15.5. The Kier molecular flexibility index (Phi) is 11.5. The van der Waals surface area contributed by atoms with Crippen molar-refractivity contribution in [2.75, 3.05) is 19.8 Å². The zero-order valence-corrected chi connectivity index (χ0v) is 24.2. The van der Waals surface area contributed by atoms with E-state index in [0.29, 0.717) is 37.8 Å². The molecule has 4 rings (SSSR count). The molecule has 1 heterocycles. The highest BCUT2D eigenvalue weighted by Gasteiger charge is 2.46. The molecule has 3 aromatic rings. The molecule has 3 N–H and O–H groups in total. The molecule has 1 aliphatic rings. The number of unbranched alkanes of at least 4 members (excludes halogenated alkanes) is 2. The van der Waals surface area contributed by atoms with Crippen LogP contribution in [0.4, 0.5) is 4.79 Å². The lowest BCUT2D eigenvalue weighted by Crippen LogP contribution is -2.51. The van der Waals surface area contributed by atoms with Gasteiger partial charge in [0, 0.05) is 19.7 Å². The second-order valence-corrected chi connectivity index (χ2v) is 10.8. The molecule has 4 atom stereocenters. The first-order chi connectivity index (χ1) is 20.4. The van der Waals surface area contributed by atoms with Gasteiger partial charge < -0.3 is 29.9 Å². The summed E-state index contributed by atoms with van der Waals surface area (Å²) in [6, 6.07) is 24.6. The topological polar surface area (TPSA) is 111 Å². The Morgan fingerprint density at radius 1 is 0.762 bits per heavy atom. The van der Waals surface area contributed by atoms with E-state index < -0.39 is 30.3 Å². The SMILES string of the molecule is CCOC(=O)c1cccc(CN2C(=O)N(CCCCCO)[C@H](Cc3ccccc3)[C@H](O)[C@@H](O)[C@H]2Cc2ccccc2)c1. The van der Waals surface area contributed by atoms with Crippen molar-refractivity contribution in [2.24, 2.45) is 0 Å². The molecule has 1 aliphatic heterocycles. The van der Waals surface area contributed by atoms with Gasteiger partial charge in [-0.15, -0.1) is 0 Å². The van der Waals surface area contributed by atoms with Gasteiger partial charge in [-0.05, 0) is 67.9 Å². The number of aliphatic hydroxyl groups excluding tert-OH is 3. The molecule has 1 fully saturated rings. The highest BCUT2D eigenvalue weighted by Crippen LogP contribution is 2.29. The van der Waals surface area contributed by atoms with Crippen molar-refractivity contribution in [3.63, 3.8) is 0 Å². The van der Waals surface area contributed by atoms with Gasteiger partial charge in [0.25, 0.3) is 0 Å². The van der Waals surface area contributed by atoms with Crippen molar-refractivity contribution in [3.05, 3.63) is 107 Å². The van der Waals surface area contributed by atoms with Crippen LogP contribution >= 0.6 is 0 Å². The third kappa shape index (κ3) is 7.97. The summed E-state index contributed by atoms with van der Waals surface area (Å²) in [5, 5.41) is 32.8. The van der Waals surface area contributed by atoms with Crippen LogP contribution in [0, 0.1) is 0 Å². The summed E-state index contributed by atoms with van der Waals surface area (Å²) in [5.74, 6) is -0.439. The number of esters is 1. The van der Waals surface area contributed by atoms with Crippen LogP contribution in [-0.4, -0.2) is 81.2 Å². The van der Waals surface area contributed by atoms with Gasteiger partial charge in [-0.3, -0.25) is 0 Å². The van der Waals surface area contributed by atoms with Crippen molar-refractivity contribution in [1.29, 1.82) is 0 Å². The number of aliphatic hydroxyl groups is 3. The van der Waals surface area contributed by atoms with E-state index in [0.717, 1.165) is 23.1 Å². The summed E-state index contributed by atoms with van der Waals surface area (Å²) in [7, 11) is 0. The minimum atomic E-state index is -1.22. The van der Waals surface area contributed by atoms with Crippen molar-refractivity contribution in [2.45, 2.75) is 69.9 Å². The monoisotopic (exact) mass is 574 g/mol. The van der Waals surface area contributed by atoms with Gasteiger partial charge in [0.05, 0.1) is 24.3 Å². The van der Waals surface area contributed by atoms with Crippen LogP contribution in [0.25, 0.3) is 0 Å². The van der Waals surface area contributed by atoms with E-state index in [9.17, 15) is 24.9 Å². The lowest BCUT2D eigenvalue weighted by molar-refractivity contribution is -0.0402. The van der Waals surface area contributed by atoms with Crippen molar-refractivity contribution >= 4 is 12.0 Å². The number of hydrogen-bond donors (Lipinski definition) is 3. The van der Waals surface area contributed by atoms with Crippen LogP contribution in [0.1, 0.15) is 53.2 Å². The van der Waals surface area contributed by atoms with Crippen LogP contribution in [0.2, 0.25) is 0 Å². The number of carbonyl (C=O) groups excluding carboxylic acids is 2. The Hall–Kier alpha value is -3.72. The number of ether oxygens (including phenoxy) is 1. The summed E-state index contributed by atoms with van der Waals surface area (Å²) < 4.78 is 5.18. The van der Waals surface area contributed by atoms with Crippen LogP contribution in [0.3, 0.4) is 0 Å². The summed E-state index contributed by atoms with van der Waals surface area (Å²) in [6.45, 7) is 2.59. The van der Waals surface area contributed by atoms with Gasteiger partial charge in [-0.2, -0.15) is 0 Å². The molecule has 8 heteroatoms. The number of hydrogen-bond acceptors (Lipinski definition) is 6. The van der Waals surface area contributed by atoms with E-state index in [1.165, 1.54) is 0 Å². The first-order valence-electron chi connectivity index (χ1n) is 14.8. The van der Waals surface area contributed by atoms with Crippen molar-refractivity contribution in [1.82, 2.24) is 9.80 Å². The second-order valence-electron chi connectivity index (χ2n) is 10.8. The molecule has 3 aromatic carbocycles. The van der Waals surface area contributed by atoms with Crippen molar-refractivity contribution < 1.29 is 29.6 Å². The smallest absolute Gasteiger partial charge is 0.338 e. The number of amides is 2. The van der Waals surface area contributed by atoms with Gasteiger partial charge in [0.1, 0.15) is 12.2 Å². The molecule has 0 unspecified atom stereocenters. The number of urea groups is 1. The summed E-state index contributed by atoms with van der Waals surface area (Å²) in [6.07, 6.45) is 0.308. The zero-order chi connectivity index (χ0) is 29.9. The maximum Gasteiger partial charge on any atom is 0.338 e. The minimum absolute atomic E-state index is 0.0742. The van der Waals surface area contributed by atoms with E-state index >= 15 is 0 Å². The van der Waals surface area contributed by atoms with Gasteiger partial charge in [-0.1, -0.05) is 72.8 Å². The molecule has 0 bridgehead atoms. The number of carbonyl (C=O) groups is 2. The Balaban J connectivity index is 1.73. The van der Waals surface area contributed by atoms with E-state index in [2.05, 4.69) is 0 Å². The third-order valence-corrected chi connectivity index (χ3v) is 7.85. The number of nitrogens with zero attached hydrogens (tertiary/aromatic N) is 2. The molecule has 0 aliphatic carbocycles. The average molecular weight is 575 g/mol. The Morgan fingerprint density at radius 2 is 1.33 bits per heavy atom. The Morgan fingerprint density at radius 3 is 1.90 bits per heavy atom. The summed E-state index contributed by atoms with van der Waals surface area (Å²) >= 11 is 0. The highest BCUT2D eigenvalue weighted by molar-refractivity contribution is 5.89. The first kappa shape index (κ1) is 31.2. The van der Waals surface area contributed by atoms with Crippen LogP contribution in [-0.2, 0) is 24.1 Å². The van der Waals surface area contributed by atoms with E-state index in [-0.39, 0.29) is 25.8 Å². The summed E-state index contributed by atoms with van der Waals surface area (Å²) in [4.78, 5) is 30.3. The highest BCUT2D eigenvalue weighted by atomic mass is 16.5. The van der Waals surface area contributed by atoms with Crippen LogP contribution < -0.4 is 0 Å².